The van der Waals surface area contributed by atoms with Gasteiger partial charge in [-0.25, -0.2) is 0 Å². The van der Waals surface area contributed by atoms with Crippen LogP contribution in [-0.4, -0.2) is 63.7 Å². The molecular weight excluding hydrogens is 320 g/mol. The Kier molecular flexibility index (Phi) is 5.50. The summed E-state index contributed by atoms with van der Waals surface area (Å²) >= 11 is 0. The summed E-state index contributed by atoms with van der Waals surface area (Å²) in [5.74, 6) is 0.0225. The third kappa shape index (κ3) is 3.91. The standard InChI is InChI=1S/C17H26N6O2/c1-21-13-15(12-20-21)14-22-9-4-17(5-10-22,23-8-3-6-19-23)16(24)18-7-11-25-2/h3,6,8,12-13H,4-5,7,9-11,14H2,1-2H3,(H,18,24). The van der Waals surface area contributed by atoms with E-state index in [4.69, 9.17) is 4.74 Å². The molecule has 2 aromatic rings. The van der Waals surface area contributed by atoms with Gasteiger partial charge in [0.25, 0.3) is 0 Å². The summed E-state index contributed by atoms with van der Waals surface area (Å²) in [6.07, 6.45) is 9.00. The normalized spacial score (nSPS) is 17.5. The molecule has 25 heavy (non-hydrogen) atoms. The van der Waals surface area contributed by atoms with Gasteiger partial charge in [-0.1, -0.05) is 0 Å². The minimum absolute atomic E-state index is 0.0225. The van der Waals surface area contributed by atoms with Gasteiger partial charge in [0.1, 0.15) is 5.54 Å². The number of piperidine rings is 1. The molecule has 8 heteroatoms. The third-order valence-electron chi connectivity index (χ3n) is 4.81. The van der Waals surface area contributed by atoms with Crippen molar-refractivity contribution in [3.63, 3.8) is 0 Å². The average molecular weight is 346 g/mol. The van der Waals surface area contributed by atoms with Gasteiger partial charge in [0.2, 0.25) is 5.91 Å². The van der Waals surface area contributed by atoms with Crippen LogP contribution in [0.4, 0.5) is 0 Å². The maximum absolute atomic E-state index is 12.9. The zero-order valence-electron chi connectivity index (χ0n) is 14.9. The van der Waals surface area contributed by atoms with E-state index in [-0.39, 0.29) is 5.91 Å². The molecule has 1 aliphatic rings. The van der Waals surface area contributed by atoms with E-state index in [1.807, 2.05) is 41.1 Å². The van der Waals surface area contributed by atoms with Crippen molar-refractivity contribution in [2.75, 3.05) is 33.4 Å². The summed E-state index contributed by atoms with van der Waals surface area (Å²) in [5, 5.41) is 11.6. The Balaban J connectivity index is 1.67. The van der Waals surface area contributed by atoms with Crippen molar-refractivity contribution in [2.24, 2.45) is 7.05 Å². The maximum atomic E-state index is 12.9. The van der Waals surface area contributed by atoms with Crippen LogP contribution in [0, 0.1) is 0 Å². The van der Waals surface area contributed by atoms with Crippen molar-refractivity contribution in [1.29, 1.82) is 0 Å². The van der Waals surface area contributed by atoms with Gasteiger partial charge < -0.3 is 10.1 Å². The number of methoxy groups -OCH3 is 1. The first-order valence-electron chi connectivity index (χ1n) is 8.61. The molecule has 1 aliphatic heterocycles. The number of aryl methyl sites for hydroxylation is 1. The fourth-order valence-corrected chi connectivity index (χ4v) is 3.41. The highest BCUT2D eigenvalue weighted by Gasteiger charge is 2.43. The molecule has 0 spiro atoms. The average Bonchev–Trinajstić information content (AvgIpc) is 3.28. The summed E-state index contributed by atoms with van der Waals surface area (Å²) in [5.41, 5.74) is 0.571. The second kappa shape index (κ2) is 7.79. The first-order valence-corrected chi connectivity index (χ1v) is 8.61. The molecule has 0 atom stereocenters. The Hall–Kier alpha value is -2.19. The highest BCUT2D eigenvalue weighted by molar-refractivity contribution is 5.84. The number of carbonyl (C=O) groups excluding carboxylic acids is 1. The van der Waals surface area contributed by atoms with Crippen LogP contribution in [0.3, 0.4) is 0 Å². The number of nitrogens with one attached hydrogen (secondary N) is 1. The fraction of sp³-hybridized carbons (Fsp3) is 0.588. The maximum Gasteiger partial charge on any atom is 0.248 e. The lowest BCUT2D eigenvalue weighted by atomic mass is 9.86. The molecule has 0 aliphatic carbocycles. The summed E-state index contributed by atoms with van der Waals surface area (Å²) in [4.78, 5) is 15.3. The zero-order chi connectivity index (χ0) is 17.7. The number of hydrogen-bond donors (Lipinski definition) is 1. The van der Waals surface area contributed by atoms with Crippen LogP contribution in [0.1, 0.15) is 18.4 Å². The lowest BCUT2D eigenvalue weighted by Gasteiger charge is -2.40. The van der Waals surface area contributed by atoms with Crippen LogP contribution in [0.15, 0.2) is 30.9 Å². The summed E-state index contributed by atoms with van der Waals surface area (Å²) in [7, 11) is 3.55. The molecule has 1 N–H and O–H groups in total. The summed E-state index contributed by atoms with van der Waals surface area (Å²) in [6, 6.07) is 1.87. The molecule has 3 rings (SSSR count). The minimum atomic E-state index is -0.622. The van der Waals surface area contributed by atoms with Gasteiger partial charge in [-0.2, -0.15) is 10.2 Å². The first-order chi connectivity index (χ1) is 12.1. The second-order valence-electron chi connectivity index (χ2n) is 6.53. The van der Waals surface area contributed by atoms with Crippen molar-refractivity contribution in [3.8, 4) is 0 Å². The van der Waals surface area contributed by atoms with Crippen LogP contribution >= 0.6 is 0 Å². The number of carbonyl (C=O) groups is 1. The van der Waals surface area contributed by atoms with Crippen molar-refractivity contribution in [2.45, 2.75) is 24.9 Å². The molecule has 2 aromatic heterocycles. The van der Waals surface area contributed by atoms with Gasteiger partial charge in [-0.15, -0.1) is 0 Å². The van der Waals surface area contributed by atoms with Crippen molar-refractivity contribution in [3.05, 3.63) is 36.4 Å². The molecule has 8 nitrogen and oxygen atoms in total. The molecule has 0 radical (unpaired) electrons. The summed E-state index contributed by atoms with van der Waals surface area (Å²) < 4.78 is 8.67. The van der Waals surface area contributed by atoms with E-state index in [2.05, 4.69) is 20.4 Å². The molecule has 0 saturated carbocycles. The van der Waals surface area contributed by atoms with E-state index in [0.29, 0.717) is 13.2 Å². The Morgan fingerprint density at radius 3 is 2.76 bits per heavy atom. The highest BCUT2D eigenvalue weighted by Crippen LogP contribution is 2.30. The van der Waals surface area contributed by atoms with Gasteiger partial charge in [0.05, 0.1) is 12.8 Å². The number of amides is 1. The van der Waals surface area contributed by atoms with E-state index in [0.717, 1.165) is 32.5 Å². The van der Waals surface area contributed by atoms with Crippen molar-refractivity contribution >= 4 is 5.91 Å². The Bertz CT molecular complexity index is 673. The second-order valence-corrected chi connectivity index (χ2v) is 6.53. The van der Waals surface area contributed by atoms with E-state index in [1.54, 1.807) is 13.3 Å². The van der Waals surface area contributed by atoms with Gasteiger partial charge >= 0.3 is 0 Å². The van der Waals surface area contributed by atoms with Crippen molar-refractivity contribution < 1.29 is 9.53 Å². The molecule has 1 fully saturated rings. The number of nitrogens with zero attached hydrogens (tertiary/aromatic N) is 5. The van der Waals surface area contributed by atoms with E-state index >= 15 is 0 Å². The lowest BCUT2D eigenvalue weighted by molar-refractivity contribution is -0.133. The smallest absolute Gasteiger partial charge is 0.248 e. The molecule has 136 valence electrons. The van der Waals surface area contributed by atoms with Crippen LogP contribution in [0.25, 0.3) is 0 Å². The number of hydrogen-bond acceptors (Lipinski definition) is 5. The number of ether oxygens (including phenoxy) is 1. The number of aromatic nitrogens is 4. The number of rotatable bonds is 7. The van der Waals surface area contributed by atoms with Gasteiger partial charge in [0, 0.05) is 64.5 Å². The Labute approximate surface area is 147 Å². The van der Waals surface area contributed by atoms with E-state index in [9.17, 15) is 4.79 Å². The molecule has 0 bridgehead atoms. The Morgan fingerprint density at radius 1 is 1.36 bits per heavy atom. The molecule has 0 aromatic carbocycles. The van der Waals surface area contributed by atoms with Gasteiger partial charge in [0.15, 0.2) is 0 Å². The predicted molar refractivity (Wildman–Crippen MR) is 92.8 cm³/mol. The quantitative estimate of drug-likeness (QED) is 0.733. The Morgan fingerprint density at radius 2 is 2.16 bits per heavy atom. The van der Waals surface area contributed by atoms with E-state index in [1.165, 1.54) is 5.56 Å². The molecular formula is C17H26N6O2. The third-order valence-corrected chi connectivity index (χ3v) is 4.81. The fourth-order valence-electron chi connectivity index (χ4n) is 3.41. The van der Waals surface area contributed by atoms with E-state index < -0.39 is 5.54 Å². The summed E-state index contributed by atoms with van der Waals surface area (Å²) in [6.45, 7) is 3.55. The zero-order valence-corrected chi connectivity index (χ0v) is 14.9. The van der Waals surface area contributed by atoms with Gasteiger partial charge in [-0.3, -0.25) is 19.1 Å². The van der Waals surface area contributed by atoms with Gasteiger partial charge in [-0.05, 0) is 18.9 Å². The van der Waals surface area contributed by atoms with Crippen LogP contribution in [-0.2, 0) is 28.7 Å². The van der Waals surface area contributed by atoms with Crippen LogP contribution in [0.2, 0.25) is 0 Å². The molecule has 3 heterocycles. The lowest BCUT2D eigenvalue weighted by Crippen LogP contribution is -2.55. The molecule has 1 saturated heterocycles. The number of likely N-dealkylation sites (tertiary alicyclic amines) is 1. The van der Waals surface area contributed by atoms with Crippen LogP contribution < -0.4 is 5.32 Å². The predicted octanol–water partition coefficient (Wildman–Crippen LogP) is 0.371. The topological polar surface area (TPSA) is 77.2 Å². The minimum Gasteiger partial charge on any atom is -0.383 e. The monoisotopic (exact) mass is 346 g/mol. The SMILES string of the molecule is COCCNC(=O)C1(n2cccn2)CCN(Cc2cnn(C)c2)CC1. The highest BCUT2D eigenvalue weighted by atomic mass is 16.5. The van der Waals surface area contributed by atoms with Crippen molar-refractivity contribution in [1.82, 2.24) is 29.8 Å². The molecule has 0 unspecified atom stereocenters. The molecule has 1 amide bonds. The largest absolute Gasteiger partial charge is 0.383 e. The van der Waals surface area contributed by atoms with Crippen LogP contribution in [0.5, 0.6) is 0 Å². The first kappa shape index (κ1) is 17.6.